The minimum Gasteiger partial charge on any atom is -0.487 e. The highest BCUT2D eigenvalue weighted by Gasteiger charge is 2.61. The number of carbonyl (C=O) groups is 1. The van der Waals surface area contributed by atoms with Crippen LogP contribution in [0.15, 0.2) is 36.8 Å². The number of alkyl halides is 3. The predicted octanol–water partition coefficient (Wildman–Crippen LogP) is 4.20. The number of hydrogen-bond donors (Lipinski definition) is 1. The molecule has 2 N–H and O–H groups in total. The van der Waals surface area contributed by atoms with E-state index < -0.39 is 12.4 Å². The fourth-order valence-electron chi connectivity index (χ4n) is 5.85. The third-order valence-electron chi connectivity index (χ3n) is 7.80. The van der Waals surface area contributed by atoms with Crippen LogP contribution in [0.3, 0.4) is 0 Å². The van der Waals surface area contributed by atoms with E-state index in [0.29, 0.717) is 40.2 Å². The third kappa shape index (κ3) is 3.31. The number of pyridine rings is 1. The zero-order chi connectivity index (χ0) is 25.7. The summed E-state index contributed by atoms with van der Waals surface area (Å²) in [5, 5.41) is 0. The summed E-state index contributed by atoms with van der Waals surface area (Å²) < 4.78 is 50.4. The number of amides is 1. The lowest BCUT2D eigenvalue weighted by Gasteiger charge is -2.41. The summed E-state index contributed by atoms with van der Waals surface area (Å²) in [4.78, 5) is 28.7. The van der Waals surface area contributed by atoms with Crippen molar-refractivity contribution < 1.29 is 27.4 Å². The van der Waals surface area contributed by atoms with Gasteiger partial charge in [-0.1, -0.05) is 0 Å². The van der Waals surface area contributed by atoms with Gasteiger partial charge in [0.15, 0.2) is 5.82 Å². The van der Waals surface area contributed by atoms with Crippen LogP contribution in [0.2, 0.25) is 0 Å². The monoisotopic (exact) mass is 510 g/mol. The number of nitrogen functional groups attached to an aromatic ring is 1. The topological polar surface area (TPSA) is 108 Å². The summed E-state index contributed by atoms with van der Waals surface area (Å²) in [5.41, 5.74) is 9.48. The minimum absolute atomic E-state index is 0.0791. The molecule has 5 heterocycles. The first-order valence-corrected chi connectivity index (χ1v) is 11.9. The van der Waals surface area contributed by atoms with Gasteiger partial charge in [0.1, 0.15) is 40.7 Å². The first kappa shape index (κ1) is 22.1. The number of benzene rings is 1. The van der Waals surface area contributed by atoms with Crippen molar-refractivity contribution in [3.8, 4) is 11.5 Å². The first-order chi connectivity index (χ1) is 17.6. The van der Waals surface area contributed by atoms with Crippen molar-refractivity contribution in [2.24, 2.45) is 5.41 Å². The van der Waals surface area contributed by atoms with E-state index in [1.54, 1.807) is 27.8 Å². The number of hydrogen-bond acceptors (Lipinski definition) is 7. The number of fused-ring (bicyclic) bond motifs is 7. The normalized spacial score (nSPS) is 21.7. The van der Waals surface area contributed by atoms with Crippen molar-refractivity contribution >= 4 is 28.3 Å². The fraction of sp³-hybridized carbons (Fsp3) is 0.360. The van der Waals surface area contributed by atoms with E-state index in [4.69, 9.17) is 10.5 Å². The number of ether oxygens (including phenoxy) is 2. The molecule has 190 valence electrons. The fourth-order valence-corrected chi connectivity index (χ4v) is 5.85. The second kappa shape index (κ2) is 7.24. The molecule has 0 radical (unpaired) electrons. The van der Waals surface area contributed by atoms with Crippen molar-refractivity contribution in [3.63, 3.8) is 0 Å². The average molecular weight is 510 g/mol. The largest absolute Gasteiger partial charge is 0.573 e. The second-order valence-electron chi connectivity index (χ2n) is 9.95. The number of aryl methyl sites for hydroxylation is 1. The van der Waals surface area contributed by atoms with Crippen LogP contribution in [0.4, 0.5) is 19.0 Å². The molecule has 12 heteroatoms. The van der Waals surface area contributed by atoms with Gasteiger partial charge in [-0.25, -0.2) is 15.0 Å². The SMILES string of the molecule is Cc1ncn2c1c(N)nc1cnc(C(=O)N3CCC4(CC4)[C@@H]4Oc5cc(OC(F)(F)F)ccc5[C@@H]43)cc12. The maximum atomic E-state index is 13.9. The van der Waals surface area contributed by atoms with Crippen LogP contribution in [-0.2, 0) is 0 Å². The zero-order valence-electron chi connectivity index (χ0n) is 19.6. The molecule has 0 unspecified atom stereocenters. The van der Waals surface area contributed by atoms with Gasteiger partial charge in [-0.3, -0.25) is 9.20 Å². The minimum atomic E-state index is -4.81. The molecule has 2 aliphatic heterocycles. The highest BCUT2D eigenvalue weighted by molar-refractivity contribution is 5.96. The molecule has 3 aliphatic rings. The number of imidazole rings is 1. The smallest absolute Gasteiger partial charge is 0.487 e. The Morgan fingerprint density at radius 3 is 2.78 bits per heavy atom. The van der Waals surface area contributed by atoms with E-state index in [1.165, 1.54) is 18.3 Å². The molecule has 2 fully saturated rings. The van der Waals surface area contributed by atoms with E-state index in [1.807, 2.05) is 6.92 Å². The number of anilines is 1. The number of nitrogens with zero attached hydrogens (tertiary/aromatic N) is 5. The molecule has 1 saturated heterocycles. The van der Waals surface area contributed by atoms with E-state index >= 15 is 0 Å². The molecule has 0 bridgehead atoms. The summed E-state index contributed by atoms with van der Waals surface area (Å²) in [6.45, 7) is 2.32. The van der Waals surface area contributed by atoms with Gasteiger partial charge in [-0.2, -0.15) is 0 Å². The van der Waals surface area contributed by atoms with Gasteiger partial charge in [-0.05, 0) is 44.4 Å². The quantitative estimate of drug-likeness (QED) is 0.431. The number of carbonyl (C=O) groups excluding carboxylic acids is 1. The van der Waals surface area contributed by atoms with Crippen LogP contribution >= 0.6 is 0 Å². The molecule has 1 spiro atoms. The van der Waals surface area contributed by atoms with E-state index in [2.05, 4.69) is 19.7 Å². The highest BCUT2D eigenvalue weighted by atomic mass is 19.4. The van der Waals surface area contributed by atoms with E-state index in [0.717, 1.165) is 25.0 Å². The van der Waals surface area contributed by atoms with Crippen LogP contribution in [0.5, 0.6) is 11.5 Å². The van der Waals surface area contributed by atoms with Crippen LogP contribution in [-0.4, -0.2) is 49.2 Å². The van der Waals surface area contributed by atoms with Crippen LogP contribution in [0.1, 0.15) is 47.1 Å². The van der Waals surface area contributed by atoms with Gasteiger partial charge in [0, 0.05) is 23.6 Å². The summed E-state index contributed by atoms with van der Waals surface area (Å²) in [6.07, 6.45) is 0.652. The molecule has 1 amide bonds. The lowest BCUT2D eigenvalue weighted by Crippen LogP contribution is -2.49. The summed E-state index contributed by atoms with van der Waals surface area (Å²) in [7, 11) is 0. The first-order valence-electron chi connectivity index (χ1n) is 11.9. The van der Waals surface area contributed by atoms with Crippen LogP contribution < -0.4 is 15.2 Å². The summed E-state index contributed by atoms with van der Waals surface area (Å²) in [5.74, 6) is -0.00783. The van der Waals surface area contributed by atoms with E-state index in [9.17, 15) is 18.0 Å². The molecule has 37 heavy (non-hydrogen) atoms. The number of rotatable bonds is 2. The number of likely N-dealkylation sites (tertiary alicyclic amines) is 1. The summed E-state index contributed by atoms with van der Waals surface area (Å²) in [6, 6.07) is 5.31. The second-order valence-corrected chi connectivity index (χ2v) is 9.95. The zero-order valence-corrected chi connectivity index (χ0v) is 19.6. The molecule has 1 aliphatic carbocycles. The molecule has 2 atom stereocenters. The molecule has 3 aromatic heterocycles. The lowest BCUT2D eigenvalue weighted by atomic mass is 9.83. The average Bonchev–Trinajstić information content (AvgIpc) is 3.34. The summed E-state index contributed by atoms with van der Waals surface area (Å²) >= 11 is 0. The van der Waals surface area contributed by atoms with Gasteiger partial charge in [0.05, 0.1) is 23.4 Å². The van der Waals surface area contributed by atoms with Gasteiger partial charge in [-0.15, -0.1) is 13.2 Å². The Morgan fingerprint density at radius 1 is 1.22 bits per heavy atom. The van der Waals surface area contributed by atoms with Crippen molar-refractivity contribution in [3.05, 3.63) is 53.7 Å². The number of aromatic nitrogens is 4. The maximum absolute atomic E-state index is 13.9. The molecule has 4 aromatic rings. The third-order valence-corrected chi connectivity index (χ3v) is 7.80. The maximum Gasteiger partial charge on any atom is 0.573 e. The number of nitrogens with two attached hydrogens (primary N) is 1. The molecular formula is C25H21F3N6O3. The lowest BCUT2D eigenvalue weighted by molar-refractivity contribution is -0.274. The van der Waals surface area contributed by atoms with Crippen LogP contribution in [0, 0.1) is 12.3 Å². The number of piperidine rings is 1. The Hall–Kier alpha value is -4.09. The van der Waals surface area contributed by atoms with Crippen molar-refractivity contribution in [1.82, 2.24) is 24.3 Å². The van der Waals surface area contributed by atoms with Gasteiger partial charge >= 0.3 is 6.36 Å². The molecule has 9 nitrogen and oxygen atoms in total. The number of halogens is 3. The van der Waals surface area contributed by atoms with Crippen molar-refractivity contribution in [2.75, 3.05) is 12.3 Å². The molecule has 7 rings (SSSR count). The van der Waals surface area contributed by atoms with Gasteiger partial charge < -0.3 is 20.1 Å². The van der Waals surface area contributed by atoms with Gasteiger partial charge in [0.2, 0.25) is 0 Å². The van der Waals surface area contributed by atoms with E-state index in [-0.39, 0.29) is 28.9 Å². The molecular weight excluding hydrogens is 489 g/mol. The predicted molar refractivity (Wildman–Crippen MR) is 125 cm³/mol. The Kier molecular flexibility index (Phi) is 4.33. The van der Waals surface area contributed by atoms with Crippen molar-refractivity contribution in [1.29, 1.82) is 0 Å². The van der Waals surface area contributed by atoms with Gasteiger partial charge in [0.25, 0.3) is 5.91 Å². The van der Waals surface area contributed by atoms with Crippen LogP contribution in [0.25, 0.3) is 16.6 Å². The standard InChI is InChI=1S/C25H21F3N6O3/c1-12-19-22(29)32-16-10-30-15(9-17(16)34(19)11-31-12)23(35)33-7-6-24(4-5-24)21-20(33)14-3-2-13(8-18(14)36-21)37-25(26,27)28/h2-3,8-11,20-21H,4-7H2,1H3,(H2,29,32)/t20-,21+/m0/s1. The molecule has 1 aromatic carbocycles. The highest BCUT2D eigenvalue weighted by Crippen LogP contribution is 2.62. The Bertz CT molecular complexity index is 1610. The Morgan fingerprint density at radius 2 is 2.03 bits per heavy atom. The van der Waals surface area contributed by atoms with Crippen molar-refractivity contribution in [2.45, 2.75) is 44.7 Å². The molecule has 1 saturated carbocycles. The Balaban J connectivity index is 1.28. The Labute approximate surface area is 208 Å².